The van der Waals surface area contributed by atoms with Gasteiger partial charge in [-0.1, -0.05) is 19.8 Å². The Morgan fingerprint density at radius 3 is 2.96 bits per heavy atom. The highest BCUT2D eigenvalue weighted by Gasteiger charge is 2.55. The van der Waals surface area contributed by atoms with Crippen molar-refractivity contribution in [3.8, 4) is 6.07 Å². The van der Waals surface area contributed by atoms with E-state index in [9.17, 15) is 19.2 Å². The molecule has 4 amide bonds. The van der Waals surface area contributed by atoms with Crippen molar-refractivity contribution in [2.75, 3.05) is 18.5 Å². The molecule has 2 heterocycles. The molecule has 2 atom stereocenters. The topological polar surface area (TPSA) is 129 Å². The van der Waals surface area contributed by atoms with Crippen LogP contribution in [0.2, 0.25) is 0 Å². The molecule has 3 rings (SSSR count). The first-order valence-corrected chi connectivity index (χ1v) is 9.82. The van der Waals surface area contributed by atoms with Crippen molar-refractivity contribution in [3.05, 3.63) is 17.0 Å². The van der Waals surface area contributed by atoms with Gasteiger partial charge in [0.15, 0.2) is 6.61 Å². The van der Waals surface area contributed by atoms with Crippen molar-refractivity contribution in [2.45, 2.75) is 38.1 Å². The lowest BCUT2D eigenvalue weighted by atomic mass is 9.73. The molecule has 0 bridgehead atoms. The maximum Gasteiger partial charge on any atom is 0.326 e. The van der Waals surface area contributed by atoms with E-state index in [0.29, 0.717) is 17.0 Å². The maximum absolute atomic E-state index is 12.8. The SMILES string of the molecule is C[C@H]1CCCC[C@@]12NC(=O)N(CC(=O)OCC(=O)Nc1sccc1C#N)C2=O. The fraction of sp³-hybridized carbons (Fsp3) is 0.500. The Kier molecular flexibility index (Phi) is 5.65. The van der Waals surface area contributed by atoms with Crippen LogP contribution in [0.3, 0.4) is 0 Å². The molecule has 0 unspecified atom stereocenters. The van der Waals surface area contributed by atoms with Gasteiger partial charge < -0.3 is 15.4 Å². The minimum atomic E-state index is -0.945. The third-order valence-corrected chi connectivity index (χ3v) is 6.02. The molecular weight excluding hydrogens is 384 g/mol. The van der Waals surface area contributed by atoms with Gasteiger partial charge in [0.05, 0.1) is 5.56 Å². The fourth-order valence-corrected chi connectivity index (χ4v) is 4.37. The Morgan fingerprint density at radius 1 is 1.46 bits per heavy atom. The minimum absolute atomic E-state index is 0.00961. The van der Waals surface area contributed by atoms with Crippen LogP contribution in [-0.2, 0) is 19.1 Å². The number of hydrogen-bond acceptors (Lipinski definition) is 7. The van der Waals surface area contributed by atoms with Crippen LogP contribution in [0.5, 0.6) is 0 Å². The zero-order valence-electron chi connectivity index (χ0n) is 15.3. The molecule has 2 fully saturated rings. The average Bonchev–Trinajstić information content (AvgIpc) is 3.21. The van der Waals surface area contributed by atoms with Crippen molar-refractivity contribution < 1.29 is 23.9 Å². The summed E-state index contributed by atoms with van der Waals surface area (Å²) in [7, 11) is 0. The summed E-state index contributed by atoms with van der Waals surface area (Å²) >= 11 is 1.18. The quantitative estimate of drug-likeness (QED) is 0.567. The van der Waals surface area contributed by atoms with E-state index in [4.69, 9.17) is 10.00 Å². The number of amides is 4. The lowest BCUT2D eigenvalue weighted by molar-refractivity contribution is -0.150. The second kappa shape index (κ2) is 7.98. The number of thiophene rings is 1. The molecule has 2 aliphatic rings. The summed E-state index contributed by atoms with van der Waals surface area (Å²) in [6, 6.07) is 2.88. The van der Waals surface area contributed by atoms with Crippen LogP contribution >= 0.6 is 11.3 Å². The molecule has 1 saturated heterocycles. The molecule has 148 valence electrons. The molecule has 1 saturated carbocycles. The summed E-state index contributed by atoms with van der Waals surface area (Å²) < 4.78 is 4.88. The smallest absolute Gasteiger partial charge is 0.326 e. The van der Waals surface area contributed by atoms with Gasteiger partial charge in [0.2, 0.25) is 0 Å². The number of ether oxygens (including phenoxy) is 1. The number of nitriles is 1. The van der Waals surface area contributed by atoms with Gasteiger partial charge in [-0.2, -0.15) is 5.26 Å². The molecule has 1 aromatic heterocycles. The standard InChI is InChI=1S/C18H20N4O5S/c1-11-4-2-3-6-18(11)16(25)22(17(26)21-18)9-14(24)27-10-13(23)20-15-12(8-19)5-7-28-15/h5,7,11H,2-4,6,9-10H2,1H3,(H,20,23)(H,21,26)/t11-,18+/m0/s1. The van der Waals surface area contributed by atoms with E-state index in [1.807, 2.05) is 13.0 Å². The number of hydrogen-bond donors (Lipinski definition) is 2. The predicted octanol–water partition coefficient (Wildman–Crippen LogP) is 1.60. The van der Waals surface area contributed by atoms with Gasteiger partial charge in [0, 0.05) is 0 Å². The highest BCUT2D eigenvalue weighted by molar-refractivity contribution is 7.14. The van der Waals surface area contributed by atoms with Gasteiger partial charge >= 0.3 is 12.0 Å². The Labute approximate surface area is 165 Å². The lowest BCUT2D eigenvalue weighted by Gasteiger charge is -2.36. The molecule has 1 aliphatic carbocycles. The second-order valence-electron chi connectivity index (χ2n) is 6.92. The van der Waals surface area contributed by atoms with Crippen LogP contribution in [0, 0.1) is 17.2 Å². The number of carbonyl (C=O) groups excluding carboxylic acids is 4. The fourth-order valence-electron chi connectivity index (χ4n) is 3.62. The number of imide groups is 1. The molecule has 2 N–H and O–H groups in total. The summed E-state index contributed by atoms with van der Waals surface area (Å²) in [5, 5.41) is 16.2. The molecular formula is C18H20N4O5S. The Hall–Kier alpha value is -2.93. The van der Waals surface area contributed by atoms with Gasteiger partial charge in [0.25, 0.3) is 11.8 Å². The molecule has 10 heteroatoms. The van der Waals surface area contributed by atoms with Crippen molar-refractivity contribution in [3.63, 3.8) is 0 Å². The van der Waals surface area contributed by atoms with Crippen molar-refractivity contribution >= 4 is 40.2 Å². The highest BCUT2D eigenvalue weighted by atomic mass is 32.1. The van der Waals surface area contributed by atoms with Gasteiger partial charge in [-0.25, -0.2) is 4.79 Å². The van der Waals surface area contributed by atoms with Gasteiger partial charge in [0.1, 0.15) is 23.2 Å². The molecule has 0 radical (unpaired) electrons. The van der Waals surface area contributed by atoms with Crippen LogP contribution < -0.4 is 10.6 Å². The van der Waals surface area contributed by atoms with Crippen LogP contribution in [-0.4, -0.2) is 47.4 Å². The van der Waals surface area contributed by atoms with Gasteiger partial charge in [-0.3, -0.25) is 19.3 Å². The van der Waals surface area contributed by atoms with E-state index in [-0.39, 0.29) is 5.92 Å². The summed E-state index contributed by atoms with van der Waals surface area (Å²) in [6.07, 6.45) is 3.22. The summed E-state index contributed by atoms with van der Waals surface area (Å²) in [5.74, 6) is -1.89. The Bertz CT molecular complexity index is 860. The molecule has 28 heavy (non-hydrogen) atoms. The summed E-state index contributed by atoms with van der Waals surface area (Å²) in [5.41, 5.74) is -0.629. The van der Waals surface area contributed by atoms with Crippen LogP contribution in [0.15, 0.2) is 11.4 Å². The predicted molar refractivity (Wildman–Crippen MR) is 99.2 cm³/mol. The molecule has 1 spiro atoms. The number of anilines is 1. The van der Waals surface area contributed by atoms with Crippen LogP contribution in [0.25, 0.3) is 0 Å². The van der Waals surface area contributed by atoms with Crippen LogP contribution in [0.1, 0.15) is 38.2 Å². The van der Waals surface area contributed by atoms with E-state index < -0.39 is 42.5 Å². The van der Waals surface area contributed by atoms with Gasteiger partial charge in [-0.05, 0) is 30.2 Å². The van der Waals surface area contributed by atoms with E-state index >= 15 is 0 Å². The number of urea groups is 1. The number of nitrogens with zero attached hydrogens (tertiary/aromatic N) is 2. The maximum atomic E-state index is 12.8. The van der Waals surface area contributed by atoms with Crippen LogP contribution in [0.4, 0.5) is 9.80 Å². The molecule has 1 aromatic rings. The Morgan fingerprint density at radius 2 is 2.25 bits per heavy atom. The molecule has 9 nitrogen and oxygen atoms in total. The van der Waals surface area contributed by atoms with E-state index in [1.54, 1.807) is 11.4 Å². The summed E-state index contributed by atoms with van der Waals surface area (Å²) in [6.45, 7) is 0.797. The normalized spacial score (nSPS) is 24.0. The summed E-state index contributed by atoms with van der Waals surface area (Å²) in [4.78, 5) is 49.8. The lowest BCUT2D eigenvalue weighted by Crippen LogP contribution is -2.54. The van der Waals surface area contributed by atoms with E-state index in [2.05, 4.69) is 10.6 Å². The van der Waals surface area contributed by atoms with Gasteiger partial charge in [-0.15, -0.1) is 11.3 Å². The number of rotatable bonds is 5. The highest BCUT2D eigenvalue weighted by Crippen LogP contribution is 2.38. The van der Waals surface area contributed by atoms with E-state index in [0.717, 1.165) is 24.2 Å². The average molecular weight is 404 g/mol. The third-order valence-electron chi connectivity index (χ3n) is 5.19. The zero-order chi connectivity index (χ0) is 20.3. The monoisotopic (exact) mass is 404 g/mol. The second-order valence-corrected chi connectivity index (χ2v) is 7.84. The number of nitrogens with one attached hydrogen (secondary N) is 2. The molecule has 0 aromatic carbocycles. The minimum Gasteiger partial charge on any atom is -0.454 e. The largest absolute Gasteiger partial charge is 0.454 e. The number of carbonyl (C=O) groups is 4. The van der Waals surface area contributed by atoms with Crippen molar-refractivity contribution in [1.82, 2.24) is 10.2 Å². The Balaban J connectivity index is 1.53. The first-order valence-electron chi connectivity index (χ1n) is 8.94. The van der Waals surface area contributed by atoms with E-state index in [1.165, 1.54) is 11.3 Å². The molecule has 1 aliphatic heterocycles. The number of esters is 1. The van der Waals surface area contributed by atoms with Crippen molar-refractivity contribution in [2.24, 2.45) is 5.92 Å². The third kappa shape index (κ3) is 3.71. The first kappa shape index (κ1) is 19.8. The zero-order valence-corrected chi connectivity index (χ0v) is 16.1. The first-order chi connectivity index (χ1) is 13.4. The van der Waals surface area contributed by atoms with Crippen molar-refractivity contribution in [1.29, 1.82) is 5.26 Å².